The minimum Gasteiger partial charge on any atom is -0.756 e. The van der Waals surface area contributed by atoms with Crippen LogP contribution in [0.15, 0.2) is 72.9 Å². The van der Waals surface area contributed by atoms with Gasteiger partial charge in [0.1, 0.15) is 19.3 Å². The van der Waals surface area contributed by atoms with Gasteiger partial charge in [-0.1, -0.05) is 248 Å². The van der Waals surface area contributed by atoms with Gasteiger partial charge in [0, 0.05) is 12.8 Å². The second kappa shape index (κ2) is 56.7. The molecule has 1 amide bonds. The van der Waals surface area contributed by atoms with E-state index in [2.05, 4.69) is 86.8 Å². The number of esters is 1. The van der Waals surface area contributed by atoms with Crippen molar-refractivity contribution < 1.29 is 37.3 Å². The molecule has 0 spiro atoms. The van der Waals surface area contributed by atoms with Crippen LogP contribution in [0.1, 0.15) is 290 Å². The standard InChI is InChI=1S/C67H123N2O7P/c1-7-10-13-16-19-22-25-27-29-30-31-32-33-34-35-36-37-38-40-42-45-48-51-54-57-60-67(71)76-65(58-55-52-49-46-43-24-21-18-15-12-9-3)64(63-75-77(72,73)74-62-61-69(4,5)6)68-66(70)59-56-53-50-47-44-41-39-28-26-23-20-17-14-11-8-2/h19,22-23,26-27,29,31-32,34-35,55,58,64-65H,7-18,20-21,24-25,28,30,33,36-54,56-57,59-63H2,1-6H3,(H-,68,70,72,73)/b22-19-,26-23-,29-27-,32-31-,35-34-,58-55-. The van der Waals surface area contributed by atoms with Crippen molar-refractivity contribution in [2.24, 2.45) is 0 Å². The molecule has 0 fully saturated rings. The second-order valence-electron chi connectivity index (χ2n) is 22.9. The normalized spacial score (nSPS) is 14.1. The van der Waals surface area contributed by atoms with Crippen molar-refractivity contribution in [1.82, 2.24) is 5.32 Å². The summed E-state index contributed by atoms with van der Waals surface area (Å²) in [4.78, 5) is 40.0. The molecule has 3 unspecified atom stereocenters. The number of phosphoric ester groups is 1. The summed E-state index contributed by atoms with van der Waals surface area (Å²) in [5.41, 5.74) is 0. The first kappa shape index (κ1) is 74.5. The minimum absolute atomic E-state index is 0.0259. The fourth-order valence-corrected chi connectivity index (χ4v) is 9.81. The van der Waals surface area contributed by atoms with Gasteiger partial charge in [-0.2, -0.15) is 0 Å². The van der Waals surface area contributed by atoms with Crippen molar-refractivity contribution in [3.63, 3.8) is 0 Å². The fourth-order valence-electron chi connectivity index (χ4n) is 9.09. The molecule has 9 nitrogen and oxygen atoms in total. The molecule has 0 aromatic carbocycles. The molecule has 0 heterocycles. The molecule has 0 radical (unpaired) electrons. The van der Waals surface area contributed by atoms with Gasteiger partial charge in [0.05, 0.1) is 33.8 Å². The molecule has 0 aliphatic rings. The van der Waals surface area contributed by atoms with Crippen molar-refractivity contribution in [2.45, 2.75) is 303 Å². The molecule has 0 aromatic rings. The van der Waals surface area contributed by atoms with Crippen molar-refractivity contribution >= 4 is 19.7 Å². The van der Waals surface area contributed by atoms with E-state index in [4.69, 9.17) is 13.8 Å². The lowest BCUT2D eigenvalue weighted by Gasteiger charge is -2.30. The Labute approximate surface area is 476 Å². The van der Waals surface area contributed by atoms with Crippen LogP contribution >= 0.6 is 7.82 Å². The van der Waals surface area contributed by atoms with Crippen LogP contribution in [0, 0.1) is 0 Å². The van der Waals surface area contributed by atoms with Crippen molar-refractivity contribution in [1.29, 1.82) is 0 Å². The van der Waals surface area contributed by atoms with Gasteiger partial charge in [0.25, 0.3) is 7.82 Å². The zero-order valence-electron chi connectivity index (χ0n) is 51.2. The van der Waals surface area contributed by atoms with Crippen molar-refractivity contribution in [3.05, 3.63) is 72.9 Å². The lowest BCUT2D eigenvalue weighted by atomic mass is 10.0. The molecule has 3 atom stereocenters. The third-order valence-corrected chi connectivity index (χ3v) is 15.1. The molecule has 0 saturated carbocycles. The third-order valence-electron chi connectivity index (χ3n) is 14.1. The number of hydrogen-bond acceptors (Lipinski definition) is 7. The molecule has 77 heavy (non-hydrogen) atoms. The van der Waals surface area contributed by atoms with Gasteiger partial charge in [0.15, 0.2) is 0 Å². The Morgan fingerprint density at radius 3 is 1.23 bits per heavy atom. The monoisotopic (exact) mass is 1100 g/mol. The Hall–Kier alpha value is -2.55. The number of hydrogen-bond donors (Lipinski definition) is 1. The molecule has 448 valence electrons. The number of carbonyl (C=O) groups excluding carboxylic acids is 2. The van der Waals surface area contributed by atoms with E-state index in [1.54, 1.807) is 0 Å². The van der Waals surface area contributed by atoms with Gasteiger partial charge in [0.2, 0.25) is 5.91 Å². The first-order valence-electron chi connectivity index (χ1n) is 32.2. The molecule has 0 aliphatic carbocycles. The van der Waals surface area contributed by atoms with Crippen LogP contribution in [0.2, 0.25) is 0 Å². The highest BCUT2D eigenvalue weighted by Crippen LogP contribution is 2.38. The van der Waals surface area contributed by atoms with E-state index in [1.807, 2.05) is 33.3 Å². The number of likely N-dealkylation sites (N-methyl/N-ethyl adjacent to an activating group) is 1. The van der Waals surface area contributed by atoms with Gasteiger partial charge in [-0.25, -0.2) is 0 Å². The number of ether oxygens (including phenoxy) is 1. The number of phosphoric acid groups is 1. The smallest absolute Gasteiger partial charge is 0.306 e. The third kappa shape index (κ3) is 57.9. The van der Waals surface area contributed by atoms with Crippen molar-refractivity contribution in [3.8, 4) is 0 Å². The lowest BCUT2D eigenvalue weighted by molar-refractivity contribution is -0.870. The van der Waals surface area contributed by atoms with Crippen LogP contribution in [0.4, 0.5) is 0 Å². The number of carbonyl (C=O) groups is 2. The van der Waals surface area contributed by atoms with E-state index in [0.29, 0.717) is 17.4 Å². The van der Waals surface area contributed by atoms with Gasteiger partial charge >= 0.3 is 5.97 Å². The SMILES string of the molecule is CCCCC/C=C\C/C=C\C/C=C\C/C=C\CCCCCCCCCCCC(=O)OC(/C=C\CCCCCCCCCCC)C(COP(=O)([O-])OCC[N+](C)(C)C)NC(=O)CCCCCCCCC/C=C\CCCCCC. The van der Waals surface area contributed by atoms with Crippen LogP contribution < -0.4 is 10.2 Å². The summed E-state index contributed by atoms with van der Waals surface area (Å²) in [6.45, 7) is 6.80. The van der Waals surface area contributed by atoms with E-state index in [0.717, 1.165) is 103 Å². The second-order valence-corrected chi connectivity index (χ2v) is 24.3. The molecule has 0 aromatic heterocycles. The predicted octanol–water partition coefficient (Wildman–Crippen LogP) is 19.4. The average molecular weight is 1100 g/mol. The lowest BCUT2D eigenvalue weighted by Crippen LogP contribution is -2.47. The Kier molecular flexibility index (Phi) is 54.8. The zero-order valence-corrected chi connectivity index (χ0v) is 52.0. The molecule has 0 aliphatic heterocycles. The van der Waals surface area contributed by atoms with Gasteiger partial charge in [-0.15, -0.1) is 0 Å². The van der Waals surface area contributed by atoms with Gasteiger partial charge in [-0.3, -0.25) is 14.2 Å². The van der Waals surface area contributed by atoms with Crippen LogP contribution in [0.25, 0.3) is 0 Å². The molecule has 0 bridgehead atoms. The highest BCUT2D eigenvalue weighted by molar-refractivity contribution is 7.45. The van der Waals surface area contributed by atoms with E-state index < -0.39 is 26.6 Å². The molecular weight excluding hydrogens is 976 g/mol. The summed E-state index contributed by atoms with van der Waals surface area (Å²) in [7, 11) is 1.18. The van der Waals surface area contributed by atoms with Crippen molar-refractivity contribution in [2.75, 3.05) is 40.9 Å². The number of allylic oxidation sites excluding steroid dienone is 11. The topological polar surface area (TPSA) is 114 Å². The Morgan fingerprint density at radius 2 is 0.792 bits per heavy atom. The number of nitrogens with zero attached hydrogens (tertiary/aromatic N) is 1. The highest BCUT2D eigenvalue weighted by Gasteiger charge is 2.27. The van der Waals surface area contributed by atoms with Crippen LogP contribution in [0.5, 0.6) is 0 Å². The number of quaternary nitrogens is 1. The van der Waals surface area contributed by atoms with Crippen LogP contribution in [0.3, 0.4) is 0 Å². The number of rotatable bonds is 58. The molecule has 10 heteroatoms. The summed E-state index contributed by atoms with van der Waals surface area (Å²) in [6, 6.07) is -0.895. The highest BCUT2D eigenvalue weighted by atomic mass is 31.2. The molecular formula is C67H123N2O7P. The average Bonchev–Trinajstić information content (AvgIpc) is 3.39. The van der Waals surface area contributed by atoms with Gasteiger partial charge < -0.3 is 28.5 Å². The van der Waals surface area contributed by atoms with Crippen LogP contribution in [-0.4, -0.2) is 69.4 Å². The summed E-state index contributed by atoms with van der Waals surface area (Å²) < 4.78 is 30.3. The zero-order chi connectivity index (χ0) is 56.4. The predicted molar refractivity (Wildman–Crippen MR) is 330 cm³/mol. The number of unbranched alkanes of at least 4 members (excludes halogenated alkanes) is 32. The molecule has 0 saturated heterocycles. The quantitative estimate of drug-likeness (QED) is 0.0212. The maximum absolute atomic E-state index is 13.5. The molecule has 1 N–H and O–H groups in total. The first-order valence-corrected chi connectivity index (χ1v) is 33.7. The van der Waals surface area contributed by atoms with E-state index >= 15 is 0 Å². The number of amides is 1. The van der Waals surface area contributed by atoms with E-state index in [-0.39, 0.29) is 24.9 Å². The number of nitrogens with one attached hydrogen (secondary N) is 1. The summed E-state index contributed by atoms with van der Waals surface area (Å²) >= 11 is 0. The van der Waals surface area contributed by atoms with E-state index in [9.17, 15) is 19.0 Å². The Bertz CT molecular complexity index is 1550. The summed E-state index contributed by atoms with van der Waals surface area (Å²) in [5, 5.41) is 3.02. The van der Waals surface area contributed by atoms with Gasteiger partial charge in [-0.05, 0) is 102 Å². The largest absolute Gasteiger partial charge is 0.756 e. The Morgan fingerprint density at radius 1 is 0.455 bits per heavy atom. The molecule has 0 rings (SSSR count). The summed E-state index contributed by atoms with van der Waals surface area (Å²) in [5.74, 6) is -0.550. The maximum atomic E-state index is 13.5. The minimum atomic E-state index is -4.70. The fraction of sp³-hybridized carbons (Fsp3) is 0.791. The Balaban J connectivity index is 5.12. The van der Waals surface area contributed by atoms with Crippen LogP contribution in [-0.2, 0) is 27.9 Å². The maximum Gasteiger partial charge on any atom is 0.306 e. The van der Waals surface area contributed by atoms with E-state index in [1.165, 1.54) is 154 Å². The summed E-state index contributed by atoms with van der Waals surface area (Å²) in [6.07, 6.45) is 73.0. The first-order chi connectivity index (χ1) is 37.4.